The SMILES string of the molecule is CCc1cc(CC)c(-c2c(S(=O)O)c(C)nn(C)c2=O)c(CC)c1. The lowest BCUT2D eigenvalue weighted by molar-refractivity contribution is 0.560. The lowest BCUT2D eigenvalue weighted by Gasteiger charge is -2.18. The smallest absolute Gasteiger partial charge is 0.275 e. The van der Waals surface area contributed by atoms with Crippen LogP contribution in [0, 0.1) is 6.92 Å². The van der Waals surface area contributed by atoms with Crippen molar-refractivity contribution < 1.29 is 8.76 Å². The molecule has 2 rings (SSSR count). The van der Waals surface area contributed by atoms with E-state index in [-0.39, 0.29) is 10.5 Å². The fraction of sp³-hybridized carbons (Fsp3) is 0.444. The molecule has 2 aromatic rings. The number of rotatable bonds is 5. The summed E-state index contributed by atoms with van der Waals surface area (Å²) in [4.78, 5) is 12.9. The molecule has 1 unspecified atom stereocenters. The first-order chi connectivity index (χ1) is 11.3. The van der Waals surface area contributed by atoms with Crippen molar-refractivity contribution in [2.75, 3.05) is 0 Å². The van der Waals surface area contributed by atoms with Gasteiger partial charge in [-0.2, -0.15) is 5.10 Å². The van der Waals surface area contributed by atoms with E-state index >= 15 is 0 Å². The lowest BCUT2D eigenvalue weighted by Crippen LogP contribution is -2.25. The molecule has 1 aromatic carbocycles. The number of hydrogen-bond donors (Lipinski definition) is 1. The van der Waals surface area contributed by atoms with Gasteiger partial charge in [-0.3, -0.25) is 4.79 Å². The fourth-order valence-electron chi connectivity index (χ4n) is 3.11. The van der Waals surface area contributed by atoms with Crippen LogP contribution < -0.4 is 5.56 Å². The highest BCUT2D eigenvalue weighted by molar-refractivity contribution is 7.79. The second-order valence-electron chi connectivity index (χ2n) is 5.82. The molecule has 0 aliphatic heterocycles. The molecule has 0 amide bonds. The van der Waals surface area contributed by atoms with Crippen LogP contribution in [0.5, 0.6) is 0 Å². The van der Waals surface area contributed by atoms with E-state index in [1.807, 2.05) is 13.8 Å². The average Bonchev–Trinajstić information content (AvgIpc) is 2.56. The molecule has 0 saturated carbocycles. The monoisotopic (exact) mass is 348 g/mol. The molecule has 1 heterocycles. The number of hydrogen-bond acceptors (Lipinski definition) is 3. The average molecular weight is 348 g/mol. The van der Waals surface area contributed by atoms with Crippen molar-refractivity contribution >= 4 is 11.1 Å². The van der Waals surface area contributed by atoms with E-state index in [0.29, 0.717) is 11.3 Å². The van der Waals surface area contributed by atoms with E-state index in [9.17, 15) is 13.6 Å². The van der Waals surface area contributed by atoms with Crippen molar-refractivity contribution in [3.63, 3.8) is 0 Å². The van der Waals surface area contributed by atoms with Gasteiger partial charge >= 0.3 is 0 Å². The van der Waals surface area contributed by atoms with Crippen LogP contribution in [0.2, 0.25) is 0 Å². The first-order valence-corrected chi connectivity index (χ1v) is 9.30. The molecule has 0 aliphatic carbocycles. The van der Waals surface area contributed by atoms with Gasteiger partial charge in [0.25, 0.3) is 5.56 Å². The summed E-state index contributed by atoms with van der Waals surface area (Å²) in [6, 6.07) is 4.18. The van der Waals surface area contributed by atoms with Gasteiger partial charge in [0.15, 0.2) is 11.1 Å². The first-order valence-electron chi connectivity index (χ1n) is 8.19. The molecule has 0 radical (unpaired) electrons. The van der Waals surface area contributed by atoms with Crippen LogP contribution in [0.3, 0.4) is 0 Å². The van der Waals surface area contributed by atoms with Crippen molar-refractivity contribution in [2.45, 2.75) is 51.9 Å². The Morgan fingerprint density at radius 2 is 1.62 bits per heavy atom. The Hall–Kier alpha value is -1.79. The Kier molecular flexibility index (Phi) is 5.72. The summed E-state index contributed by atoms with van der Waals surface area (Å²) in [6.45, 7) is 7.82. The van der Waals surface area contributed by atoms with E-state index in [2.05, 4.69) is 24.2 Å². The summed E-state index contributed by atoms with van der Waals surface area (Å²) in [7, 11) is 1.57. The summed E-state index contributed by atoms with van der Waals surface area (Å²) in [5, 5.41) is 4.08. The molecule has 24 heavy (non-hydrogen) atoms. The molecule has 130 valence electrons. The largest absolute Gasteiger partial charge is 0.302 e. The second-order valence-corrected chi connectivity index (χ2v) is 6.72. The number of benzene rings is 1. The van der Waals surface area contributed by atoms with Crippen molar-refractivity contribution in [1.82, 2.24) is 9.78 Å². The standard InChI is InChI=1S/C18H24N2O3S/c1-6-12-9-13(7-2)15(14(8-3)10-12)16-17(24(22)23)11(4)19-20(5)18(16)21/h9-10H,6-8H2,1-5H3,(H,22,23). The Morgan fingerprint density at radius 3 is 2.04 bits per heavy atom. The molecule has 1 atom stereocenters. The molecule has 5 nitrogen and oxygen atoms in total. The van der Waals surface area contributed by atoms with Crippen molar-refractivity contribution in [2.24, 2.45) is 7.05 Å². The van der Waals surface area contributed by atoms with Crippen LogP contribution in [0.4, 0.5) is 0 Å². The normalized spacial score (nSPS) is 12.4. The van der Waals surface area contributed by atoms with Crippen molar-refractivity contribution in [3.8, 4) is 11.1 Å². The molecular weight excluding hydrogens is 324 g/mol. The Bertz CT molecular complexity index is 831. The van der Waals surface area contributed by atoms with Gasteiger partial charge in [0.05, 0.1) is 11.3 Å². The minimum Gasteiger partial charge on any atom is -0.302 e. The van der Waals surface area contributed by atoms with Crippen molar-refractivity contribution in [3.05, 3.63) is 44.9 Å². The second kappa shape index (κ2) is 7.40. The van der Waals surface area contributed by atoms with Crippen LogP contribution in [0.1, 0.15) is 43.2 Å². The third-order valence-electron chi connectivity index (χ3n) is 4.32. The van der Waals surface area contributed by atoms with Crippen LogP contribution in [0.15, 0.2) is 21.8 Å². The Morgan fingerprint density at radius 1 is 1.08 bits per heavy atom. The molecule has 0 aliphatic rings. The highest BCUT2D eigenvalue weighted by Crippen LogP contribution is 2.32. The number of aromatic nitrogens is 2. The van der Waals surface area contributed by atoms with E-state index in [1.165, 1.54) is 10.2 Å². The van der Waals surface area contributed by atoms with Crippen LogP contribution in [0.25, 0.3) is 11.1 Å². The molecule has 1 N–H and O–H groups in total. The maximum Gasteiger partial charge on any atom is 0.275 e. The molecule has 0 bridgehead atoms. The quantitative estimate of drug-likeness (QED) is 0.843. The summed E-state index contributed by atoms with van der Waals surface area (Å²) in [5.41, 5.74) is 4.43. The molecule has 0 saturated heterocycles. The predicted octanol–water partition coefficient (Wildman–Crippen LogP) is 3.02. The molecule has 0 spiro atoms. The van der Waals surface area contributed by atoms with E-state index < -0.39 is 11.1 Å². The minimum absolute atomic E-state index is 0.117. The highest BCUT2D eigenvalue weighted by Gasteiger charge is 2.23. The Labute approximate surface area is 145 Å². The maximum atomic E-state index is 12.8. The first kappa shape index (κ1) is 18.5. The summed E-state index contributed by atoms with van der Waals surface area (Å²) in [6.07, 6.45) is 2.41. The topological polar surface area (TPSA) is 72.2 Å². The molecule has 6 heteroatoms. The van der Waals surface area contributed by atoms with Gasteiger partial charge < -0.3 is 4.55 Å². The Balaban J connectivity index is 3.01. The van der Waals surface area contributed by atoms with Gasteiger partial charge in [-0.25, -0.2) is 8.89 Å². The van der Waals surface area contributed by atoms with Crippen LogP contribution in [-0.2, 0) is 37.4 Å². The van der Waals surface area contributed by atoms with Crippen LogP contribution in [-0.4, -0.2) is 18.5 Å². The minimum atomic E-state index is -2.27. The zero-order valence-electron chi connectivity index (χ0n) is 14.8. The third-order valence-corrected chi connectivity index (χ3v) is 5.17. The zero-order valence-corrected chi connectivity index (χ0v) is 15.7. The summed E-state index contributed by atoms with van der Waals surface area (Å²) < 4.78 is 22.9. The lowest BCUT2D eigenvalue weighted by atomic mass is 9.89. The van der Waals surface area contributed by atoms with E-state index in [0.717, 1.165) is 36.0 Å². The van der Waals surface area contributed by atoms with Gasteiger partial charge in [-0.05, 0) is 48.4 Å². The van der Waals surface area contributed by atoms with Gasteiger partial charge in [0.1, 0.15) is 4.90 Å². The number of nitrogens with zero attached hydrogens (tertiary/aromatic N) is 2. The summed E-state index contributed by atoms with van der Waals surface area (Å²) in [5.74, 6) is 0. The van der Waals surface area contributed by atoms with E-state index in [4.69, 9.17) is 0 Å². The molecule has 0 fully saturated rings. The highest BCUT2D eigenvalue weighted by atomic mass is 32.2. The van der Waals surface area contributed by atoms with Gasteiger partial charge in [-0.15, -0.1) is 0 Å². The van der Waals surface area contributed by atoms with Crippen molar-refractivity contribution in [1.29, 1.82) is 0 Å². The molecule has 1 aromatic heterocycles. The van der Waals surface area contributed by atoms with Gasteiger partial charge in [0.2, 0.25) is 0 Å². The predicted molar refractivity (Wildman–Crippen MR) is 96.8 cm³/mol. The van der Waals surface area contributed by atoms with Gasteiger partial charge in [-0.1, -0.05) is 32.9 Å². The third kappa shape index (κ3) is 3.21. The van der Waals surface area contributed by atoms with Gasteiger partial charge in [0, 0.05) is 7.05 Å². The zero-order chi connectivity index (χ0) is 18.0. The van der Waals surface area contributed by atoms with Crippen LogP contribution >= 0.6 is 0 Å². The fourth-order valence-corrected chi connectivity index (χ4v) is 3.77. The summed E-state index contributed by atoms with van der Waals surface area (Å²) >= 11 is -2.27. The maximum absolute atomic E-state index is 12.8. The van der Waals surface area contributed by atoms with E-state index in [1.54, 1.807) is 14.0 Å². The number of aryl methyl sites for hydroxylation is 5. The molecular formula is C18H24N2O3S.